The maximum atomic E-state index is 10.7. The van der Waals surface area contributed by atoms with E-state index in [4.69, 9.17) is 10.2 Å². The first kappa shape index (κ1) is 20.8. The normalized spacial score (nSPS) is 20.3. The van der Waals surface area contributed by atoms with Crippen molar-refractivity contribution in [3.63, 3.8) is 0 Å². The van der Waals surface area contributed by atoms with Gasteiger partial charge in [-0.05, 0) is 39.0 Å². The van der Waals surface area contributed by atoms with Gasteiger partial charge in [0, 0.05) is 39.3 Å². The van der Waals surface area contributed by atoms with Crippen molar-refractivity contribution in [1.29, 1.82) is 0 Å². The van der Waals surface area contributed by atoms with E-state index in [9.17, 15) is 9.59 Å². The van der Waals surface area contributed by atoms with Gasteiger partial charge < -0.3 is 30.6 Å². The van der Waals surface area contributed by atoms with Crippen molar-refractivity contribution in [3.8, 4) is 0 Å². The monoisotopic (exact) mass is 344 g/mol. The van der Waals surface area contributed by atoms with E-state index in [0.717, 1.165) is 65.2 Å². The van der Waals surface area contributed by atoms with E-state index in [1.54, 1.807) is 0 Å². The molecule has 24 heavy (non-hydrogen) atoms. The number of hydrogen-bond acceptors (Lipinski definition) is 6. The Hall–Kier alpha value is -1.22. The van der Waals surface area contributed by atoms with Gasteiger partial charge in [0.1, 0.15) is 0 Å². The summed E-state index contributed by atoms with van der Waals surface area (Å²) in [5.74, 6) is -1.50. The second-order valence-corrected chi connectivity index (χ2v) is 6.18. The van der Waals surface area contributed by atoms with Gasteiger partial charge in [-0.15, -0.1) is 0 Å². The molecule has 0 aromatic heterocycles. The van der Waals surface area contributed by atoms with E-state index in [-0.39, 0.29) is 12.8 Å². The molecule has 1 aliphatic rings. The van der Waals surface area contributed by atoms with Crippen LogP contribution in [0.25, 0.3) is 0 Å². The minimum atomic E-state index is -0.748. The third-order valence-corrected chi connectivity index (χ3v) is 4.15. The molecule has 1 rings (SSSR count). The molecule has 0 aliphatic carbocycles. The summed E-state index contributed by atoms with van der Waals surface area (Å²) in [4.78, 5) is 25.9. The molecule has 8 nitrogen and oxygen atoms in total. The standard InChI is InChI=1S/C16H32N4O4/c21-15(22)3-11-19-9-1-5-17-7-14-20(12-4-16(23)24)10-2-6-18-8-13-19/h17-18H,1-14H2,(H,21,22)(H,23,24). The molecule has 0 aromatic carbocycles. The summed E-state index contributed by atoms with van der Waals surface area (Å²) in [7, 11) is 0. The average molecular weight is 344 g/mol. The van der Waals surface area contributed by atoms with E-state index >= 15 is 0 Å². The van der Waals surface area contributed by atoms with Crippen LogP contribution < -0.4 is 10.6 Å². The van der Waals surface area contributed by atoms with E-state index in [1.165, 1.54) is 0 Å². The molecule has 4 N–H and O–H groups in total. The molecule has 0 bridgehead atoms. The van der Waals surface area contributed by atoms with Crippen LogP contribution in [0.4, 0.5) is 0 Å². The number of rotatable bonds is 6. The molecule has 0 radical (unpaired) electrons. The highest BCUT2D eigenvalue weighted by Crippen LogP contribution is 1.97. The fourth-order valence-corrected chi connectivity index (χ4v) is 2.76. The smallest absolute Gasteiger partial charge is 0.304 e. The molecule has 0 spiro atoms. The lowest BCUT2D eigenvalue weighted by Gasteiger charge is -2.24. The Labute approximate surface area is 144 Å². The highest BCUT2D eigenvalue weighted by molar-refractivity contribution is 5.67. The van der Waals surface area contributed by atoms with Crippen LogP contribution in [0.1, 0.15) is 25.7 Å². The van der Waals surface area contributed by atoms with Crippen LogP contribution in [0, 0.1) is 0 Å². The van der Waals surface area contributed by atoms with Crippen LogP contribution in [0.15, 0.2) is 0 Å². The van der Waals surface area contributed by atoms with Crippen LogP contribution in [0.5, 0.6) is 0 Å². The zero-order valence-corrected chi connectivity index (χ0v) is 14.5. The molecule has 1 saturated heterocycles. The summed E-state index contributed by atoms with van der Waals surface area (Å²) in [6, 6.07) is 0. The topological polar surface area (TPSA) is 105 Å². The summed E-state index contributed by atoms with van der Waals surface area (Å²) in [6.45, 7) is 8.18. The molecule has 0 amide bonds. The van der Waals surface area contributed by atoms with Gasteiger partial charge in [0.2, 0.25) is 0 Å². The quantitative estimate of drug-likeness (QED) is 0.512. The zero-order valence-electron chi connectivity index (χ0n) is 14.5. The Balaban J connectivity index is 2.35. The van der Waals surface area contributed by atoms with Crippen LogP contribution in [-0.4, -0.2) is 97.4 Å². The highest BCUT2D eigenvalue weighted by atomic mass is 16.4. The molecule has 0 unspecified atom stereocenters. The number of carboxylic acids is 2. The van der Waals surface area contributed by atoms with E-state index < -0.39 is 11.9 Å². The lowest BCUT2D eigenvalue weighted by Crippen LogP contribution is -2.39. The fraction of sp³-hybridized carbons (Fsp3) is 0.875. The van der Waals surface area contributed by atoms with Crippen molar-refractivity contribution in [1.82, 2.24) is 20.4 Å². The number of hydrogen-bond donors (Lipinski definition) is 4. The maximum absolute atomic E-state index is 10.7. The van der Waals surface area contributed by atoms with Gasteiger partial charge in [-0.3, -0.25) is 9.59 Å². The first-order chi connectivity index (χ1) is 11.6. The van der Waals surface area contributed by atoms with Crippen molar-refractivity contribution >= 4 is 11.9 Å². The number of carboxylic acid groups (broad SMARTS) is 2. The van der Waals surface area contributed by atoms with Gasteiger partial charge in [-0.1, -0.05) is 0 Å². The van der Waals surface area contributed by atoms with Crippen LogP contribution >= 0.6 is 0 Å². The Kier molecular flexibility index (Phi) is 11.4. The second-order valence-electron chi connectivity index (χ2n) is 6.18. The number of carbonyl (C=O) groups is 2. The van der Waals surface area contributed by atoms with Crippen LogP contribution in [0.3, 0.4) is 0 Å². The molecule has 1 fully saturated rings. The van der Waals surface area contributed by atoms with Gasteiger partial charge >= 0.3 is 11.9 Å². The molecular weight excluding hydrogens is 312 g/mol. The lowest BCUT2D eigenvalue weighted by atomic mass is 10.3. The lowest BCUT2D eigenvalue weighted by molar-refractivity contribution is -0.138. The van der Waals surface area contributed by atoms with Gasteiger partial charge in [-0.2, -0.15) is 0 Å². The molecule has 0 atom stereocenters. The van der Waals surface area contributed by atoms with Crippen LogP contribution in [0.2, 0.25) is 0 Å². The number of aliphatic carboxylic acids is 2. The summed E-state index contributed by atoms with van der Waals surface area (Å²) >= 11 is 0. The van der Waals surface area contributed by atoms with Crippen molar-refractivity contribution in [2.24, 2.45) is 0 Å². The van der Waals surface area contributed by atoms with Gasteiger partial charge in [0.25, 0.3) is 0 Å². The highest BCUT2D eigenvalue weighted by Gasteiger charge is 2.10. The minimum absolute atomic E-state index is 0.186. The van der Waals surface area contributed by atoms with Crippen molar-refractivity contribution in [2.45, 2.75) is 25.7 Å². The fourth-order valence-electron chi connectivity index (χ4n) is 2.76. The molecule has 1 aliphatic heterocycles. The minimum Gasteiger partial charge on any atom is -0.481 e. The first-order valence-corrected chi connectivity index (χ1v) is 8.87. The Morgan fingerprint density at radius 1 is 0.708 bits per heavy atom. The second kappa shape index (κ2) is 13.1. The maximum Gasteiger partial charge on any atom is 0.304 e. The predicted octanol–water partition coefficient (Wildman–Crippen LogP) is -0.487. The summed E-state index contributed by atoms with van der Waals surface area (Å²) in [5.41, 5.74) is 0. The molecule has 8 heteroatoms. The van der Waals surface area contributed by atoms with Gasteiger partial charge in [-0.25, -0.2) is 0 Å². The average Bonchev–Trinajstić information content (AvgIpc) is 2.53. The summed E-state index contributed by atoms with van der Waals surface area (Å²) in [5, 5.41) is 24.4. The Bertz CT molecular complexity index is 318. The first-order valence-electron chi connectivity index (χ1n) is 8.87. The van der Waals surface area contributed by atoms with Crippen LogP contribution in [-0.2, 0) is 9.59 Å². The van der Waals surface area contributed by atoms with Crippen molar-refractivity contribution < 1.29 is 19.8 Å². The Morgan fingerprint density at radius 3 is 1.50 bits per heavy atom. The molecule has 0 saturated carbocycles. The zero-order chi connectivity index (χ0) is 17.6. The van der Waals surface area contributed by atoms with Gasteiger partial charge in [0.05, 0.1) is 12.8 Å². The van der Waals surface area contributed by atoms with E-state index in [0.29, 0.717) is 13.1 Å². The van der Waals surface area contributed by atoms with Crippen molar-refractivity contribution in [3.05, 3.63) is 0 Å². The molecule has 140 valence electrons. The predicted molar refractivity (Wildman–Crippen MR) is 92.4 cm³/mol. The molecule has 1 heterocycles. The largest absolute Gasteiger partial charge is 0.481 e. The SMILES string of the molecule is O=C(O)CCN1CCCNCCN(CCC(=O)O)CCCNCC1. The molecular formula is C16H32N4O4. The summed E-state index contributed by atoms with van der Waals surface area (Å²) < 4.78 is 0. The Morgan fingerprint density at radius 2 is 1.12 bits per heavy atom. The number of nitrogens with one attached hydrogen (secondary N) is 2. The van der Waals surface area contributed by atoms with E-state index in [2.05, 4.69) is 20.4 Å². The number of nitrogens with zero attached hydrogens (tertiary/aromatic N) is 2. The van der Waals surface area contributed by atoms with E-state index in [1.807, 2.05) is 0 Å². The third-order valence-electron chi connectivity index (χ3n) is 4.15. The summed E-state index contributed by atoms with van der Waals surface area (Å²) in [6.07, 6.45) is 2.33. The van der Waals surface area contributed by atoms with Crippen molar-refractivity contribution in [2.75, 3.05) is 65.4 Å². The third kappa shape index (κ3) is 11.3. The molecule has 0 aromatic rings. The van der Waals surface area contributed by atoms with Gasteiger partial charge in [0.15, 0.2) is 0 Å².